The van der Waals surface area contributed by atoms with Crippen molar-refractivity contribution in [1.82, 2.24) is 0 Å². The van der Waals surface area contributed by atoms with E-state index in [0.29, 0.717) is 5.92 Å². The molecule has 0 saturated carbocycles. The molecule has 0 aliphatic carbocycles. The SMILES string of the molecule is C=C(C(=NCC)C(C)C)C(C)(C)C. The number of nitrogens with zero attached hydrogens (tertiary/aromatic N) is 1. The van der Waals surface area contributed by atoms with Gasteiger partial charge in [0.25, 0.3) is 0 Å². The van der Waals surface area contributed by atoms with E-state index in [2.05, 4.69) is 53.1 Å². The highest BCUT2D eigenvalue weighted by Gasteiger charge is 2.21. The van der Waals surface area contributed by atoms with Crippen molar-refractivity contribution in [2.45, 2.75) is 41.5 Å². The summed E-state index contributed by atoms with van der Waals surface area (Å²) < 4.78 is 0. The van der Waals surface area contributed by atoms with Gasteiger partial charge in [-0.05, 0) is 23.8 Å². The van der Waals surface area contributed by atoms with Crippen molar-refractivity contribution in [2.75, 3.05) is 6.54 Å². The average Bonchev–Trinajstić information content (AvgIpc) is 1.96. The molecule has 1 heteroatoms. The van der Waals surface area contributed by atoms with Crippen molar-refractivity contribution in [2.24, 2.45) is 16.3 Å². The number of hydrogen-bond donors (Lipinski definition) is 0. The molecule has 0 aromatic heterocycles. The third-order valence-electron chi connectivity index (χ3n) is 2.09. The lowest BCUT2D eigenvalue weighted by molar-refractivity contribution is 0.521. The zero-order chi connectivity index (χ0) is 10.6. The Kier molecular flexibility index (Phi) is 4.38. The molecule has 0 aromatic carbocycles. The van der Waals surface area contributed by atoms with Gasteiger partial charge < -0.3 is 0 Å². The van der Waals surface area contributed by atoms with Gasteiger partial charge in [0, 0.05) is 12.3 Å². The topological polar surface area (TPSA) is 12.4 Å². The van der Waals surface area contributed by atoms with Gasteiger partial charge in [-0.1, -0.05) is 41.2 Å². The third-order valence-corrected chi connectivity index (χ3v) is 2.09. The van der Waals surface area contributed by atoms with Crippen LogP contribution in [0.3, 0.4) is 0 Å². The normalized spacial score (nSPS) is 13.6. The molecular formula is C12H23N. The Labute approximate surface area is 83.0 Å². The van der Waals surface area contributed by atoms with Gasteiger partial charge in [0.05, 0.1) is 0 Å². The predicted octanol–water partition coefficient (Wildman–Crippen LogP) is 3.71. The van der Waals surface area contributed by atoms with Gasteiger partial charge in [0.2, 0.25) is 0 Å². The van der Waals surface area contributed by atoms with Gasteiger partial charge in [-0.15, -0.1) is 0 Å². The first-order valence-corrected chi connectivity index (χ1v) is 5.04. The molecular weight excluding hydrogens is 158 g/mol. The number of hydrogen-bond acceptors (Lipinski definition) is 1. The summed E-state index contributed by atoms with van der Waals surface area (Å²) >= 11 is 0. The molecule has 0 spiro atoms. The fraction of sp³-hybridized carbons (Fsp3) is 0.750. The lowest BCUT2D eigenvalue weighted by Gasteiger charge is -2.25. The molecule has 0 heterocycles. The van der Waals surface area contributed by atoms with Crippen LogP contribution in [-0.4, -0.2) is 12.3 Å². The van der Waals surface area contributed by atoms with Crippen molar-refractivity contribution in [3.63, 3.8) is 0 Å². The van der Waals surface area contributed by atoms with Crippen molar-refractivity contribution in [3.05, 3.63) is 12.2 Å². The quantitative estimate of drug-likeness (QED) is 0.589. The Morgan fingerprint density at radius 1 is 1.31 bits per heavy atom. The van der Waals surface area contributed by atoms with Crippen LogP contribution in [0.2, 0.25) is 0 Å². The Morgan fingerprint density at radius 3 is 2.00 bits per heavy atom. The molecule has 0 aliphatic heterocycles. The zero-order valence-electron chi connectivity index (χ0n) is 9.94. The van der Waals surface area contributed by atoms with Gasteiger partial charge in [0.15, 0.2) is 0 Å². The molecule has 0 unspecified atom stereocenters. The van der Waals surface area contributed by atoms with Gasteiger partial charge in [-0.2, -0.15) is 0 Å². The summed E-state index contributed by atoms with van der Waals surface area (Å²) in [6, 6.07) is 0. The predicted molar refractivity (Wildman–Crippen MR) is 61.4 cm³/mol. The van der Waals surface area contributed by atoms with E-state index in [-0.39, 0.29) is 5.41 Å². The smallest absolute Gasteiger partial charge is 0.0404 e. The second-order valence-corrected chi connectivity index (χ2v) is 4.74. The highest BCUT2D eigenvalue weighted by Crippen LogP contribution is 2.27. The van der Waals surface area contributed by atoms with Crippen molar-refractivity contribution in [1.29, 1.82) is 0 Å². The van der Waals surface area contributed by atoms with E-state index in [1.807, 2.05) is 0 Å². The molecule has 0 rings (SSSR count). The van der Waals surface area contributed by atoms with Crippen LogP contribution in [0.1, 0.15) is 41.5 Å². The molecule has 0 bridgehead atoms. The summed E-state index contributed by atoms with van der Waals surface area (Å²) in [5.41, 5.74) is 2.48. The van der Waals surface area contributed by atoms with E-state index < -0.39 is 0 Å². The molecule has 0 saturated heterocycles. The minimum atomic E-state index is 0.137. The third kappa shape index (κ3) is 3.75. The fourth-order valence-corrected chi connectivity index (χ4v) is 1.18. The lowest BCUT2D eigenvalue weighted by atomic mass is 9.81. The summed E-state index contributed by atoms with van der Waals surface area (Å²) in [6.45, 7) is 17.9. The highest BCUT2D eigenvalue weighted by atomic mass is 14.7. The largest absolute Gasteiger partial charge is 0.290 e. The Bertz CT molecular complexity index is 204. The second kappa shape index (κ2) is 4.59. The molecule has 0 radical (unpaired) electrons. The number of aliphatic imine (C=N–C) groups is 1. The van der Waals surface area contributed by atoms with Crippen LogP contribution in [0.25, 0.3) is 0 Å². The van der Waals surface area contributed by atoms with Crippen LogP contribution in [0, 0.1) is 11.3 Å². The summed E-state index contributed by atoms with van der Waals surface area (Å²) in [7, 11) is 0. The fourth-order valence-electron chi connectivity index (χ4n) is 1.18. The standard InChI is InChI=1S/C12H23N/c1-8-13-11(9(2)3)10(4)12(5,6)7/h9H,4,8H2,1-3,5-7H3. The first kappa shape index (κ1) is 12.4. The molecule has 0 atom stereocenters. The van der Waals surface area contributed by atoms with Crippen molar-refractivity contribution < 1.29 is 0 Å². The molecule has 76 valence electrons. The summed E-state index contributed by atoms with van der Waals surface area (Å²) in [4.78, 5) is 4.51. The van der Waals surface area contributed by atoms with E-state index >= 15 is 0 Å². The summed E-state index contributed by atoms with van der Waals surface area (Å²) in [5.74, 6) is 0.478. The Hall–Kier alpha value is -0.590. The molecule has 0 fully saturated rings. The molecule has 0 amide bonds. The van der Waals surface area contributed by atoms with Gasteiger partial charge in [-0.3, -0.25) is 4.99 Å². The van der Waals surface area contributed by atoms with Crippen molar-refractivity contribution in [3.8, 4) is 0 Å². The van der Waals surface area contributed by atoms with E-state index in [1.54, 1.807) is 0 Å². The lowest BCUT2D eigenvalue weighted by Crippen LogP contribution is -2.21. The summed E-state index contributed by atoms with van der Waals surface area (Å²) in [5, 5.41) is 0. The zero-order valence-corrected chi connectivity index (χ0v) is 9.94. The molecule has 0 N–H and O–H groups in total. The molecule has 1 nitrogen and oxygen atoms in total. The van der Waals surface area contributed by atoms with Gasteiger partial charge in [0.1, 0.15) is 0 Å². The molecule has 0 aliphatic rings. The van der Waals surface area contributed by atoms with Crippen LogP contribution in [0.4, 0.5) is 0 Å². The number of allylic oxidation sites excluding steroid dienone is 1. The van der Waals surface area contributed by atoms with Crippen LogP contribution in [-0.2, 0) is 0 Å². The second-order valence-electron chi connectivity index (χ2n) is 4.74. The minimum Gasteiger partial charge on any atom is -0.290 e. The average molecular weight is 181 g/mol. The van der Waals surface area contributed by atoms with E-state index in [1.165, 1.54) is 11.3 Å². The van der Waals surface area contributed by atoms with E-state index in [4.69, 9.17) is 0 Å². The highest BCUT2D eigenvalue weighted by molar-refractivity contribution is 6.01. The Morgan fingerprint density at radius 2 is 1.77 bits per heavy atom. The molecule has 0 aromatic rings. The number of rotatable bonds is 3. The first-order valence-electron chi connectivity index (χ1n) is 5.04. The monoisotopic (exact) mass is 181 g/mol. The minimum absolute atomic E-state index is 0.137. The molecule has 13 heavy (non-hydrogen) atoms. The van der Waals surface area contributed by atoms with Gasteiger partial charge >= 0.3 is 0 Å². The van der Waals surface area contributed by atoms with Crippen molar-refractivity contribution >= 4 is 5.71 Å². The maximum absolute atomic E-state index is 4.51. The van der Waals surface area contributed by atoms with Crippen LogP contribution < -0.4 is 0 Å². The maximum Gasteiger partial charge on any atom is 0.0404 e. The van der Waals surface area contributed by atoms with E-state index in [0.717, 1.165) is 6.54 Å². The van der Waals surface area contributed by atoms with Gasteiger partial charge in [-0.25, -0.2) is 0 Å². The van der Waals surface area contributed by atoms with Crippen LogP contribution >= 0.6 is 0 Å². The summed E-state index contributed by atoms with van der Waals surface area (Å²) in [6.07, 6.45) is 0. The maximum atomic E-state index is 4.51. The Balaban J connectivity index is 4.79. The first-order chi connectivity index (χ1) is 5.80. The van der Waals surface area contributed by atoms with E-state index in [9.17, 15) is 0 Å². The van der Waals surface area contributed by atoms with Crippen LogP contribution in [0.15, 0.2) is 17.1 Å². The van der Waals surface area contributed by atoms with Crippen LogP contribution in [0.5, 0.6) is 0 Å².